The number of rotatable bonds is 2. The zero-order valence-corrected chi connectivity index (χ0v) is 9.58. The molecular weight excluding hydrogens is 240 g/mol. The molecular formula is C10H10N4O2S. The lowest BCUT2D eigenvalue weighted by atomic mass is 10.2. The number of aliphatic imine (C=N–C) groups is 1. The summed E-state index contributed by atoms with van der Waals surface area (Å²) in [6.45, 7) is 0. The lowest BCUT2D eigenvalue weighted by molar-refractivity contribution is -0.115. The lowest BCUT2D eigenvalue weighted by Crippen LogP contribution is -2.39. The predicted molar refractivity (Wildman–Crippen MR) is 65.8 cm³/mol. The van der Waals surface area contributed by atoms with Gasteiger partial charge in [0.05, 0.1) is 17.0 Å². The van der Waals surface area contributed by atoms with Crippen molar-refractivity contribution in [2.75, 3.05) is 5.75 Å². The van der Waals surface area contributed by atoms with Crippen molar-refractivity contribution in [1.82, 2.24) is 10.9 Å². The van der Waals surface area contributed by atoms with E-state index >= 15 is 0 Å². The molecule has 0 bridgehead atoms. The van der Waals surface area contributed by atoms with E-state index in [4.69, 9.17) is 5.73 Å². The maximum Gasteiger partial charge on any atom is 0.271 e. The number of thioether (sulfide) groups is 1. The Morgan fingerprint density at radius 2 is 2.12 bits per heavy atom. The highest BCUT2D eigenvalue weighted by Crippen LogP contribution is 2.21. The van der Waals surface area contributed by atoms with Gasteiger partial charge in [-0.25, -0.2) is 4.99 Å². The molecule has 1 aromatic rings. The van der Waals surface area contributed by atoms with Gasteiger partial charge in [0.2, 0.25) is 5.91 Å². The highest BCUT2D eigenvalue weighted by Gasteiger charge is 2.16. The molecule has 0 saturated carbocycles. The Morgan fingerprint density at radius 3 is 2.88 bits per heavy atom. The monoisotopic (exact) mass is 250 g/mol. The minimum atomic E-state index is -0.441. The Hall–Kier alpha value is -2.02. The molecule has 0 spiro atoms. The fourth-order valence-corrected chi connectivity index (χ4v) is 1.85. The van der Waals surface area contributed by atoms with Gasteiger partial charge in [0.1, 0.15) is 0 Å². The van der Waals surface area contributed by atoms with Crippen LogP contribution in [0.25, 0.3) is 0 Å². The van der Waals surface area contributed by atoms with E-state index < -0.39 is 5.91 Å². The average Bonchev–Trinajstić information content (AvgIpc) is 2.47. The fourth-order valence-electron chi connectivity index (χ4n) is 1.29. The first-order valence-electron chi connectivity index (χ1n) is 4.82. The summed E-state index contributed by atoms with van der Waals surface area (Å²) in [5.74, 6) is -0.605. The number of nitrogens with one attached hydrogen (secondary N) is 2. The number of hydrogen-bond acceptors (Lipinski definition) is 5. The second-order valence-electron chi connectivity index (χ2n) is 3.27. The van der Waals surface area contributed by atoms with Crippen molar-refractivity contribution in [2.45, 2.75) is 0 Å². The number of carbonyl (C=O) groups excluding carboxylic acids is 2. The van der Waals surface area contributed by atoms with Gasteiger partial charge in [-0.1, -0.05) is 23.9 Å². The van der Waals surface area contributed by atoms with Crippen LogP contribution < -0.4 is 16.6 Å². The summed E-state index contributed by atoms with van der Waals surface area (Å²) < 4.78 is 0. The SMILES string of the molecule is NC(=O)CSC1=Nc2ccccc2C(=O)NN1. The van der Waals surface area contributed by atoms with Crippen molar-refractivity contribution in [3.05, 3.63) is 29.8 Å². The quantitative estimate of drug-likeness (QED) is 0.695. The van der Waals surface area contributed by atoms with E-state index in [0.29, 0.717) is 16.4 Å². The zero-order chi connectivity index (χ0) is 12.3. The molecule has 88 valence electrons. The van der Waals surface area contributed by atoms with Crippen molar-refractivity contribution in [1.29, 1.82) is 0 Å². The van der Waals surface area contributed by atoms with Gasteiger partial charge in [0, 0.05) is 0 Å². The summed E-state index contributed by atoms with van der Waals surface area (Å²) in [7, 11) is 0. The normalized spacial score (nSPS) is 13.9. The van der Waals surface area contributed by atoms with E-state index in [0.717, 1.165) is 11.8 Å². The fraction of sp³-hybridized carbons (Fsp3) is 0.100. The van der Waals surface area contributed by atoms with Crippen LogP contribution in [-0.4, -0.2) is 22.7 Å². The van der Waals surface area contributed by atoms with Crippen molar-refractivity contribution < 1.29 is 9.59 Å². The van der Waals surface area contributed by atoms with Crippen molar-refractivity contribution >= 4 is 34.4 Å². The van der Waals surface area contributed by atoms with E-state index in [-0.39, 0.29) is 11.7 Å². The molecule has 1 aliphatic heterocycles. The summed E-state index contributed by atoms with van der Waals surface area (Å²) in [5, 5.41) is 0.433. The summed E-state index contributed by atoms with van der Waals surface area (Å²) in [6, 6.07) is 6.96. The number of amidine groups is 1. The summed E-state index contributed by atoms with van der Waals surface area (Å²) in [4.78, 5) is 26.5. The molecule has 2 amide bonds. The molecule has 1 aliphatic rings. The topological polar surface area (TPSA) is 96.6 Å². The molecule has 1 aromatic carbocycles. The second kappa shape index (κ2) is 4.88. The van der Waals surface area contributed by atoms with Crippen LogP contribution in [0.4, 0.5) is 5.69 Å². The minimum absolute atomic E-state index is 0.101. The van der Waals surface area contributed by atoms with Crippen LogP contribution in [-0.2, 0) is 4.79 Å². The summed E-state index contributed by atoms with van der Waals surface area (Å²) in [6.07, 6.45) is 0. The molecule has 6 nitrogen and oxygen atoms in total. The van der Waals surface area contributed by atoms with Crippen LogP contribution in [0, 0.1) is 0 Å². The van der Waals surface area contributed by atoms with Gasteiger partial charge in [-0.2, -0.15) is 0 Å². The third-order valence-electron chi connectivity index (χ3n) is 2.00. The van der Waals surface area contributed by atoms with Gasteiger partial charge in [0.25, 0.3) is 5.91 Å². The van der Waals surface area contributed by atoms with E-state index in [1.807, 2.05) is 0 Å². The van der Waals surface area contributed by atoms with Crippen LogP contribution in [0.3, 0.4) is 0 Å². The smallest absolute Gasteiger partial charge is 0.271 e. The first-order valence-corrected chi connectivity index (χ1v) is 5.80. The Labute approximate surface area is 102 Å². The van der Waals surface area contributed by atoms with Gasteiger partial charge in [-0.15, -0.1) is 0 Å². The molecule has 0 saturated heterocycles. The number of hydrazine groups is 1. The molecule has 7 heteroatoms. The molecule has 2 rings (SSSR count). The molecule has 1 heterocycles. The van der Waals surface area contributed by atoms with E-state index in [9.17, 15) is 9.59 Å². The third kappa shape index (κ3) is 2.76. The second-order valence-corrected chi connectivity index (χ2v) is 4.23. The molecule has 0 aliphatic carbocycles. The largest absolute Gasteiger partial charge is 0.369 e. The molecule has 0 unspecified atom stereocenters. The molecule has 0 radical (unpaired) electrons. The minimum Gasteiger partial charge on any atom is -0.369 e. The van der Waals surface area contributed by atoms with Gasteiger partial charge in [0.15, 0.2) is 5.17 Å². The number of amides is 2. The lowest BCUT2D eigenvalue weighted by Gasteiger charge is -2.05. The third-order valence-corrected chi connectivity index (χ3v) is 2.90. The first kappa shape index (κ1) is 11.5. The molecule has 0 fully saturated rings. The first-order chi connectivity index (χ1) is 8.16. The Morgan fingerprint density at radius 1 is 1.35 bits per heavy atom. The van der Waals surface area contributed by atoms with Gasteiger partial charge < -0.3 is 5.73 Å². The van der Waals surface area contributed by atoms with Crippen molar-refractivity contribution in [3.63, 3.8) is 0 Å². The maximum atomic E-state index is 11.6. The molecule has 0 aromatic heterocycles. The van der Waals surface area contributed by atoms with Crippen molar-refractivity contribution in [3.8, 4) is 0 Å². The molecule has 4 N–H and O–H groups in total. The number of carbonyl (C=O) groups is 2. The highest BCUT2D eigenvalue weighted by atomic mass is 32.2. The number of primary amides is 1. The van der Waals surface area contributed by atoms with E-state index in [1.165, 1.54) is 0 Å². The summed E-state index contributed by atoms with van der Waals surface area (Å²) >= 11 is 1.13. The number of fused-ring (bicyclic) bond motifs is 1. The van der Waals surface area contributed by atoms with Crippen LogP contribution in [0.15, 0.2) is 29.3 Å². The number of benzene rings is 1. The number of para-hydroxylation sites is 1. The Bertz CT molecular complexity index is 501. The Kier molecular flexibility index (Phi) is 3.29. The molecule has 17 heavy (non-hydrogen) atoms. The maximum absolute atomic E-state index is 11.6. The van der Waals surface area contributed by atoms with Gasteiger partial charge >= 0.3 is 0 Å². The number of nitrogens with zero attached hydrogens (tertiary/aromatic N) is 1. The average molecular weight is 250 g/mol. The van der Waals surface area contributed by atoms with Crippen LogP contribution in [0.2, 0.25) is 0 Å². The van der Waals surface area contributed by atoms with E-state index in [2.05, 4.69) is 15.8 Å². The zero-order valence-electron chi connectivity index (χ0n) is 8.77. The standard InChI is InChI=1S/C10H10N4O2S/c11-8(15)5-17-10-12-7-4-2-1-3-6(7)9(16)13-14-10/h1-4H,5H2,(H2,11,15)(H,12,14)(H,13,16). The van der Waals surface area contributed by atoms with Gasteiger partial charge in [-0.3, -0.25) is 20.4 Å². The van der Waals surface area contributed by atoms with Crippen molar-refractivity contribution in [2.24, 2.45) is 10.7 Å². The summed E-state index contributed by atoms with van der Waals surface area (Å²) in [5.41, 5.74) is 11.2. The van der Waals surface area contributed by atoms with Crippen LogP contribution >= 0.6 is 11.8 Å². The molecule has 0 atom stereocenters. The van der Waals surface area contributed by atoms with Crippen LogP contribution in [0.5, 0.6) is 0 Å². The van der Waals surface area contributed by atoms with E-state index in [1.54, 1.807) is 24.3 Å². The number of nitrogens with two attached hydrogens (primary N) is 1. The predicted octanol–water partition coefficient (Wildman–Crippen LogP) is 0.141. The van der Waals surface area contributed by atoms with Crippen LogP contribution in [0.1, 0.15) is 10.4 Å². The number of hydrogen-bond donors (Lipinski definition) is 3. The highest BCUT2D eigenvalue weighted by molar-refractivity contribution is 8.14. The van der Waals surface area contributed by atoms with Gasteiger partial charge in [-0.05, 0) is 12.1 Å². The Balaban J connectivity index is 2.25.